The average molecular weight is 369 g/mol. The lowest BCUT2D eigenvalue weighted by molar-refractivity contribution is -0.113. The molecule has 2 aromatic rings. The number of sulfone groups is 1. The van der Waals surface area contributed by atoms with Crippen molar-refractivity contribution in [1.29, 1.82) is 0 Å². The molecule has 0 spiro atoms. The standard InChI is InChI=1S/C21H23NO3S/c1-16-10-12-20(13-11-16)26(24,25)15-17-6-5-7-18(14-17)21(23)22-19-8-3-2-4-9-19/h2-4,7-13,17H,5-6,14-15H2,1H3,(H,22,23). The number of carbonyl (C=O) groups is 1. The van der Waals surface area contributed by atoms with Gasteiger partial charge in [0.05, 0.1) is 10.6 Å². The van der Waals surface area contributed by atoms with Crippen LogP contribution in [0, 0.1) is 12.8 Å². The fourth-order valence-corrected chi connectivity index (χ4v) is 4.85. The second-order valence-electron chi connectivity index (χ2n) is 6.79. The van der Waals surface area contributed by atoms with E-state index in [4.69, 9.17) is 0 Å². The zero-order valence-electron chi connectivity index (χ0n) is 14.8. The minimum absolute atomic E-state index is 0.0390. The topological polar surface area (TPSA) is 63.2 Å². The number of para-hydroxylation sites is 1. The number of amides is 1. The van der Waals surface area contributed by atoms with E-state index >= 15 is 0 Å². The first-order chi connectivity index (χ1) is 12.4. The Morgan fingerprint density at radius 3 is 2.46 bits per heavy atom. The molecule has 0 saturated carbocycles. The summed E-state index contributed by atoms with van der Waals surface area (Å²) in [6.45, 7) is 1.93. The average Bonchev–Trinajstić information content (AvgIpc) is 2.63. The summed E-state index contributed by atoms with van der Waals surface area (Å²) in [5.74, 6) is -0.108. The van der Waals surface area contributed by atoms with Gasteiger partial charge in [-0.3, -0.25) is 4.79 Å². The molecule has 0 radical (unpaired) electrons. The number of anilines is 1. The van der Waals surface area contributed by atoms with Crippen LogP contribution >= 0.6 is 0 Å². The van der Waals surface area contributed by atoms with Crippen molar-refractivity contribution in [2.75, 3.05) is 11.1 Å². The molecular weight excluding hydrogens is 346 g/mol. The highest BCUT2D eigenvalue weighted by atomic mass is 32.2. The van der Waals surface area contributed by atoms with Crippen molar-refractivity contribution in [2.24, 2.45) is 5.92 Å². The van der Waals surface area contributed by atoms with Crippen LogP contribution in [0.3, 0.4) is 0 Å². The van der Waals surface area contributed by atoms with Gasteiger partial charge in [-0.15, -0.1) is 0 Å². The predicted molar refractivity (Wildman–Crippen MR) is 104 cm³/mol. The number of rotatable bonds is 5. The molecule has 1 amide bonds. The summed E-state index contributed by atoms with van der Waals surface area (Å²) in [4.78, 5) is 12.8. The third kappa shape index (κ3) is 4.61. The zero-order chi connectivity index (χ0) is 18.6. The van der Waals surface area contributed by atoms with E-state index in [0.717, 1.165) is 24.1 Å². The number of nitrogens with one attached hydrogen (secondary N) is 1. The van der Waals surface area contributed by atoms with Crippen molar-refractivity contribution in [3.63, 3.8) is 0 Å². The fraction of sp³-hybridized carbons (Fsp3) is 0.286. The maximum Gasteiger partial charge on any atom is 0.251 e. The van der Waals surface area contributed by atoms with Gasteiger partial charge in [0.15, 0.2) is 9.84 Å². The number of benzene rings is 2. The summed E-state index contributed by atoms with van der Waals surface area (Å²) in [6.07, 6.45) is 3.93. The molecule has 1 aliphatic rings. The Balaban J connectivity index is 1.65. The largest absolute Gasteiger partial charge is 0.322 e. The van der Waals surface area contributed by atoms with Gasteiger partial charge in [-0.2, -0.15) is 0 Å². The summed E-state index contributed by atoms with van der Waals surface area (Å²) < 4.78 is 25.3. The van der Waals surface area contributed by atoms with Crippen LogP contribution < -0.4 is 5.32 Å². The number of carbonyl (C=O) groups excluding carboxylic acids is 1. The lowest BCUT2D eigenvalue weighted by Gasteiger charge is -2.22. The van der Waals surface area contributed by atoms with E-state index in [2.05, 4.69) is 5.32 Å². The van der Waals surface area contributed by atoms with Gasteiger partial charge < -0.3 is 5.32 Å². The fourth-order valence-electron chi connectivity index (χ4n) is 3.20. The van der Waals surface area contributed by atoms with Gasteiger partial charge in [0, 0.05) is 11.3 Å². The molecule has 1 atom stereocenters. The summed E-state index contributed by atoms with van der Waals surface area (Å²) >= 11 is 0. The van der Waals surface area contributed by atoms with Crippen LogP contribution in [0.1, 0.15) is 24.8 Å². The molecule has 0 heterocycles. The minimum atomic E-state index is -3.34. The third-order valence-electron chi connectivity index (χ3n) is 4.63. The summed E-state index contributed by atoms with van der Waals surface area (Å²) in [5, 5.41) is 2.88. The van der Waals surface area contributed by atoms with E-state index in [1.165, 1.54) is 0 Å². The number of aryl methyl sites for hydroxylation is 1. The molecule has 5 heteroatoms. The van der Waals surface area contributed by atoms with Crippen molar-refractivity contribution in [1.82, 2.24) is 0 Å². The van der Waals surface area contributed by atoms with Crippen LogP contribution in [-0.2, 0) is 14.6 Å². The van der Waals surface area contributed by atoms with Crippen LogP contribution in [0.4, 0.5) is 5.69 Å². The quantitative estimate of drug-likeness (QED) is 0.862. The van der Waals surface area contributed by atoms with E-state index in [-0.39, 0.29) is 17.6 Å². The first-order valence-corrected chi connectivity index (χ1v) is 10.4. The maximum atomic E-state index is 12.7. The van der Waals surface area contributed by atoms with Gasteiger partial charge >= 0.3 is 0 Å². The molecule has 0 bridgehead atoms. The normalized spacial score (nSPS) is 17.4. The van der Waals surface area contributed by atoms with Gasteiger partial charge in [-0.05, 0) is 56.4 Å². The molecule has 26 heavy (non-hydrogen) atoms. The molecule has 3 rings (SSSR count). The van der Waals surface area contributed by atoms with Crippen molar-refractivity contribution in [3.8, 4) is 0 Å². The first-order valence-electron chi connectivity index (χ1n) is 8.79. The number of hydrogen-bond acceptors (Lipinski definition) is 3. The summed E-state index contributed by atoms with van der Waals surface area (Å²) in [6, 6.07) is 16.2. The van der Waals surface area contributed by atoms with Gasteiger partial charge in [-0.25, -0.2) is 8.42 Å². The Bertz CT molecular complexity index is 900. The molecule has 0 fully saturated rings. The Morgan fingerprint density at radius 1 is 1.08 bits per heavy atom. The predicted octanol–water partition coefficient (Wildman–Crippen LogP) is 4.13. The van der Waals surface area contributed by atoms with E-state index < -0.39 is 9.84 Å². The highest BCUT2D eigenvalue weighted by molar-refractivity contribution is 7.91. The van der Waals surface area contributed by atoms with Crippen LogP contribution in [0.5, 0.6) is 0 Å². The molecule has 1 aliphatic carbocycles. The van der Waals surface area contributed by atoms with Crippen LogP contribution in [0.25, 0.3) is 0 Å². The Labute approximate surface area is 154 Å². The van der Waals surface area contributed by atoms with Crippen LogP contribution in [0.15, 0.2) is 71.1 Å². The monoisotopic (exact) mass is 369 g/mol. The molecular formula is C21H23NO3S. The van der Waals surface area contributed by atoms with Gasteiger partial charge in [0.25, 0.3) is 5.91 Å². The third-order valence-corrected chi connectivity index (χ3v) is 6.53. The molecule has 0 saturated heterocycles. The van der Waals surface area contributed by atoms with Crippen molar-refractivity contribution < 1.29 is 13.2 Å². The second-order valence-corrected chi connectivity index (χ2v) is 8.83. The lowest BCUT2D eigenvalue weighted by Crippen LogP contribution is -2.24. The van der Waals surface area contributed by atoms with E-state index in [9.17, 15) is 13.2 Å². The van der Waals surface area contributed by atoms with E-state index in [1.807, 2.05) is 55.5 Å². The van der Waals surface area contributed by atoms with E-state index in [0.29, 0.717) is 16.9 Å². The highest BCUT2D eigenvalue weighted by Crippen LogP contribution is 2.28. The van der Waals surface area contributed by atoms with Crippen molar-refractivity contribution in [3.05, 3.63) is 71.8 Å². The Morgan fingerprint density at radius 2 is 1.77 bits per heavy atom. The molecule has 2 aromatic carbocycles. The molecule has 0 aliphatic heterocycles. The van der Waals surface area contributed by atoms with Crippen LogP contribution in [0.2, 0.25) is 0 Å². The number of hydrogen-bond donors (Lipinski definition) is 1. The Kier molecular flexibility index (Phi) is 5.57. The van der Waals surface area contributed by atoms with Gasteiger partial charge in [-0.1, -0.05) is 42.0 Å². The molecule has 1 unspecified atom stereocenters. The molecule has 136 valence electrons. The first kappa shape index (κ1) is 18.4. The smallest absolute Gasteiger partial charge is 0.251 e. The molecule has 4 nitrogen and oxygen atoms in total. The second kappa shape index (κ2) is 7.87. The molecule has 0 aromatic heterocycles. The van der Waals surface area contributed by atoms with Gasteiger partial charge in [0.1, 0.15) is 0 Å². The van der Waals surface area contributed by atoms with Crippen molar-refractivity contribution in [2.45, 2.75) is 31.1 Å². The highest BCUT2D eigenvalue weighted by Gasteiger charge is 2.26. The minimum Gasteiger partial charge on any atom is -0.322 e. The summed E-state index contributed by atoms with van der Waals surface area (Å²) in [5.41, 5.74) is 2.45. The number of allylic oxidation sites excluding steroid dienone is 1. The van der Waals surface area contributed by atoms with Crippen LogP contribution in [-0.4, -0.2) is 20.1 Å². The maximum absolute atomic E-state index is 12.7. The summed E-state index contributed by atoms with van der Waals surface area (Å²) in [7, 11) is -3.34. The lowest BCUT2D eigenvalue weighted by atomic mass is 9.90. The SMILES string of the molecule is Cc1ccc(S(=O)(=O)CC2CCC=C(C(=O)Nc3ccccc3)C2)cc1. The van der Waals surface area contributed by atoms with Crippen molar-refractivity contribution >= 4 is 21.4 Å². The molecule has 1 N–H and O–H groups in total. The zero-order valence-corrected chi connectivity index (χ0v) is 15.6. The Hall–Kier alpha value is -2.40. The van der Waals surface area contributed by atoms with E-state index in [1.54, 1.807) is 12.1 Å². The van der Waals surface area contributed by atoms with Gasteiger partial charge in [0.2, 0.25) is 0 Å².